The van der Waals surface area contributed by atoms with Crippen LogP contribution in [-0.4, -0.2) is 6.21 Å². The Bertz CT molecular complexity index is 1890. The summed E-state index contributed by atoms with van der Waals surface area (Å²) in [5, 5.41) is 10.2. The van der Waals surface area contributed by atoms with Crippen molar-refractivity contribution in [2.45, 2.75) is 6.54 Å². The van der Waals surface area contributed by atoms with E-state index in [0.29, 0.717) is 6.54 Å². The van der Waals surface area contributed by atoms with Crippen LogP contribution in [0.15, 0.2) is 114 Å². The molecule has 2 heteroatoms. The van der Waals surface area contributed by atoms with Crippen molar-refractivity contribution < 1.29 is 0 Å². The summed E-state index contributed by atoms with van der Waals surface area (Å²) in [6.07, 6.45) is 2.08. The molecule has 0 aliphatic rings. The van der Waals surface area contributed by atoms with Gasteiger partial charge in [0.05, 0.1) is 6.54 Å². The Kier molecular flexibility index (Phi) is 4.46. The van der Waals surface area contributed by atoms with Crippen LogP contribution in [0, 0.1) is 0 Å². The second-order valence-corrected chi connectivity index (χ2v) is 9.88. The highest BCUT2D eigenvalue weighted by Crippen LogP contribution is 2.35. The molecule has 34 heavy (non-hydrogen) atoms. The lowest BCUT2D eigenvalue weighted by Crippen LogP contribution is -1.91. The summed E-state index contributed by atoms with van der Waals surface area (Å²) in [7, 11) is 0. The molecule has 0 unspecified atom stereocenters. The number of rotatable bonds is 3. The third-order valence-electron chi connectivity index (χ3n) is 6.75. The van der Waals surface area contributed by atoms with Gasteiger partial charge in [-0.3, -0.25) is 4.99 Å². The van der Waals surface area contributed by atoms with E-state index in [0.717, 1.165) is 0 Å². The van der Waals surface area contributed by atoms with Crippen LogP contribution in [0.25, 0.3) is 52.5 Å². The van der Waals surface area contributed by atoms with E-state index in [1.165, 1.54) is 63.6 Å². The molecule has 160 valence electrons. The number of nitrogens with zero attached hydrogens (tertiary/aromatic N) is 1. The van der Waals surface area contributed by atoms with Crippen LogP contribution in [0.4, 0.5) is 0 Å². The molecule has 1 nitrogen and oxygen atoms in total. The Morgan fingerprint density at radius 3 is 2.18 bits per heavy atom. The highest BCUT2D eigenvalue weighted by molar-refractivity contribution is 7.25. The molecule has 0 saturated carbocycles. The average molecular weight is 452 g/mol. The summed E-state index contributed by atoms with van der Waals surface area (Å²) < 4.78 is 2.67. The van der Waals surface area contributed by atoms with Gasteiger partial charge in [-0.05, 0) is 62.1 Å². The molecule has 0 bridgehead atoms. The normalized spacial score (nSPS) is 12.1. The molecule has 1 heterocycles. The summed E-state index contributed by atoms with van der Waals surface area (Å²) in [5.41, 5.74) is 2.43. The minimum atomic E-state index is 0.665. The van der Waals surface area contributed by atoms with Gasteiger partial charge in [-0.1, -0.05) is 84.9 Å². The van der Waals surface area contributed by atoms with E-state index in [9.17, 15) is 0 Å². The molecule has 0 atom stereocenters. The lowest BCUT2D eigenvalue weighted by Gasteiger charge is -2.11. The van der Waals surface area contributed by atoms with Gasteiger partial charge in [0.2, 0.25) is 0 Å². The van der Waals surface area contributed by atoms with E-state index >= 15 is 0 Å². The fourth-order valence-corrected chi connectivity index (χ4v) is 6.19. The minimum Gasteiger partial charge on any atom is -0.288 e. The van der Waals surface area contributed by atoms with Crippen LogP contribution in [-0.2, 0) is 6.54 Å². The van der Waals surface area contributed by atoms with Crippen LogP contribution >= 0.6 is 11.3 Å². The molecule has 0 aliphatic heterocycles. The van der Waals surface area contributed by atoms with Crippen LogP contribution in [0.3, 0.4) is 0 Å². The summed E-state index contributed by atoms with van der Waals surface area (Å²) >= 11 is 1.86. The second kappa shape index (κ2) is 7.79. The van der Waals surface area contributed by atoms with Gasteiger partial charge in [0, 0.05) is 32.0 Å². The molecule has 6 aromatic carbocycles. The molecular formula is C32H21NS. The Labute approximate surface area is 201 Å². The van der Waals surface area contributed by atoms with Gasteiger partial charge in [0.25, 0.3) is 0 Å². The van der Waals surface area contributed by atoms with E-state index in [1.54, 1.807) is 0 Å². The highest BCUT2D eigenvalue weighted by Gasteiger charge is 2.09. The van der Waals surface area contributed by atoms with Crippen molar-refractivity contribution >= 4 is 70.0 Å². The third kappa shape index (κ3) is 3.11. The Morgan fingerprint density at radius 1 is 0.529 bits per heavy atom. The average Bonchev–Trinajstić information content (AvgIpc) is 3.26. The Balaban J connectivity index is 1.35. The molecule has 0 radical (unpaired) electrons. The predicted octanol–water partition coefficient (Wildman–Crippen LogP) is 9.13. The Morgan fingerprint density at radius 2 is 1.26 bits per heavy atom. The maximum absolute atomic E-state index is 4.94. The van der Waals surface area contributed by atoms with Crippen molar-refractivity contribution in [3.05, 3.63) is 120 Å². The maximum atomic E-state index is 4.94. The number of hydrogen-bond donors (Lipinski definition) is 0. The van der Waals surface area contributed by atoms with E-state index in [4.69, 9.17) is 4.99 Å². The molecule has 7 rings (SSSR count). The van der Waals surface area contributed by atoms with Crippen molar-refractivity contribution in [2.75, 3.05) is 0 Å². The van der Waals surface area contributed by atoms with Gasteiger partial charge in [-0.25, -0.2) is 0 Å². The highest BCUT2D eigenvalue weighted by atomic mass is 32.1. The van der Waals surface area contributed by atoms with Gasteiger partial charge in [-0.15, -0.1) is 11.3 Å². The largest absolute Gasteiger partial charge is 0.288 e. The maximum Gasteiger partial charge on any atom is 0.0640 e. The molecule has 7 aromatic rings. The van der Waals surface area contributed by atoms with E-state index in [-0.39, 0.29) is 0 Å². The van der Waals surface area contributed by atoms with E-state index in [2.05, 4.69) is 115 Å². The van der Waals surface area contributed by atoms with Gasteiger partial charge in [0.15, 0.2) is 0 Å². The molecule has 0 spiro atoms. The van der Waals surface area contributed by atoms with Gasteiger partial charge < -0.3 is 0 Å². The number of benzene rings is 6. The first-order chi connectivity index (χ1) is 16.8. The molecule has 1 aromatic heterocycles. The fraction of sp³-hybridized carbons (Fsp3) is 0.0312. The van der Waals surface area contributed by atoms with Crippen LogP contribution in [0.5, 0.6) is 0 Å². The zero-order valence-electron chi connectivity index (χ0n) is 18.5. The third-order valence-corrected chi connectivity index (χ3v) is 7.90. The minimum absolute atomic E-state index is 0.665. The van der Waals surface area contributed by atoms with Gasteiger partial charge in [0.1, 0.15) is 0 Å². The van der Waals surface area contributed by atoms with Crippen LogP contribution < -0.4 is 0 Å². The molecular weight excluding hydrogens is 430 g/mol. The molecule has 0 aliphatic carbocycles. The molecule has 0 amide bonds. The summed E-state index contributed by atoms with van der Waals surface area (Å²) in [5.74, 6) is 0. The van der Waals surface area contributed by atoms with Crippen LogP contribution in [0.1, 0.15) is 11.1 Å². The van der Waals surface area contributed by atoms with Crippen molar-refractivity contribution in [3.63, 3.8) is 0 Å². The fourth-order valence-electron chi connectivity index (χ4n) is 5.11. The Hall–Kier alpha value is -4.01. The van der Waals surface area contributed by atoms with Crippen molar-refractivity contribution in [1.82, 2.24) is 0 Å². The lowest BCUT2D eigenvalue weighted by atomic mass is 9.94. The van der Waals surface area contributed by atoms with Gasteiger partial charge in [-0.2, -0.15) is 0 Å². The van der Waals surface area contributed by atoms with Crippen LogP contribution in [0.2, 0.25) is 0 Å². The molecule has 0 N–H and O–H groups in total. The van der Waals surface area contributed by atoms with Crippen molar-refractivity contribution in [2.24, 2.45) is 4.99 Å². The lowest BCUT2D eigenvalue weighted by molar-refractivity contribution is 1.08. The topological polar surface area (TPSA) is 12.4 Å². The molecule has 0 saturated heterocycles. The number of thiophene rings is 1. The number of aliphatic imine (C=N–C) groups is 1. The van der Waals surface area contributed by atoms with Crippen molar-refractivity contribution in [1.29, 1.82) is 0 Å². The smallest absolute Gasteiger partial charge is 0.0640 e. The second-order valence-electron chi connectivity index (χ2n) is 8.79. The number of hydrogen-bond acceptors (Lipinski definition) is 2. The first-order valence-corrected chi connectivity index (χ1v) is 12.4. The first kappa shape index (κ1) is 19.5. The zero-order chi connectivity index (χ0) is 22.5. The van der Waals surface area contributed by atoms with Crippen molar-refractivity contribution in [3.8, 4) is 0 Å². The number of fused-ring (bicyclic) bond motifs is 7. The predicted molar refractivity (Wildman–Crippen MR) is 150 cm³/mol. The first-order valence-electron chi connectivity index (χ1n) is 11.6. The summed E-state index contributed by atoms with van der Waals surface area (Å²) in [6, 6.07) is 39.4. The SMILES string of the molecule is C(=NCc1ccc2sc3ccccc3c2c1)c1c2ccccc2cc2c1ccc1ccccc12. The monoisotopic (exact) mass is 451 g/mol. The van der Waals surface area contributed by atoms with E-state index in [1.807, 2.05) is 11.3 Å². The van der Waals surface area contributed by atoms with E-state index < -0.39 is 0 Å². The summed E-state index contributed by atoms with van der Waals surface area (Å²) in [4.78, 5) is 4.94. The summed E-state index contributed by atoms with van der Waals surface area (Å²) in [6.45, 7) is 0.665. The quantitative estimate of drug-likeness (QED) is 0.144. The standard InChI is InChI=1S/C32H21NS/c1-3-9-24-22(7-1)14-15-26-28(24)18-23-8-2-4-10-25(23)30(26)20-33-19-21-13-16-32-29(17-21)27-11-5-6-12-31(27)34-32/h1-18,20H,19H2. The van der Waals surface area contributed by atoms with Gasteiger partial charge >= 0.3 is 0 Å². The molecule has 0 fully saturated rings. The zero-order valence-corrected chi connectivity index (χ0v) is 19.3.